The number of hydrogen-bond acceptors (Lipinski definition) is 7. The Morgan fingerprint density at radius 1 is 1.07 bits per heavy atom. The predicted molar refractivity (Wildman–Crippen MR) is 109 cm³/mol. The Morgan fingerprint density at radius 2 is 1.70 bits per heavy atom. The summed E-state index contributed by atoms with van der Waals surface area (Å²) in [7, 11) is -11.5. The smallest absolute Gasteiger partial charge is 0.242 e. The Kier molecular flexibility index (Phi) is 5.77. The van der Waals surface area contributed by atoms with Gasteiger partial charge in [0.25, 0.3) is 0 Å². The van der Waals surface area contributed by atoms with E-state index in [-0.39, 0.29) is 39.8 Å². The highest BCUT2D eigenvalue weighted by atomic mass is 32.2. The van der Waals surface area contributed by atoms with Gasteiger partial charge >= 0.3 is 0 Å². The molecule has 0 spiro atoms. The van der Waals surface area contributed by atoms with Gasteiger partial charge in [-0.2, -0.15) is 0 Å². The second-order valence-corrected chi connectivity index (χ2v) is 11.9. The molecule has 13 heteroatoms. The van der Waals surface area contributed by atoms with Crippen LogP contribution in [0.5, 0.6) is 0 Å². The van der Waals surface area contributed by atoms with Crippen molar-refractivity contribution in [2.24, 2.45) is 5.14 Å². The van der Waals surface area contributed by atoms with Crippen molar-refractivity contribution < 1.29 is 30.0 Å². The van der Waals surface area contributed by atoms with E-state index in [1.807, 2.05) is 0 Å². The summed E-state index contributed by atoms with van der Waals surface area (Å²) in [4.78, 5) is 11.7. The topological polar surface area (TPSA) is 161 Å². The first-order chi connectivity index (χ1) is 13.8. The van der Waals surface area contributed by atoms with Crippen LogP contribution in [0.3, 0.4) is 0 Å². The van der Waals surface area contributed by atoms with E-state index < -0.39 is 36.0 Å². The van der Waals surface area contributed by atoms with Crippen LogP contribution in [0.2, 0.25) is 0 Å². The van der Waals surface area contributed by atoms with Crippen molar-refractivity contribution in [2.45, 2.75) is 29.7 Å². The summed E-state index contributed by atoms with van der Waals surface area (Å²) in [6, 6.07) is 9.24. The maximum atomic E-state index is 12.7. The molecule has 0 aliphatic carbocycles. The number of anilines is 1. The molecule has 1 fully saturated rings. The molecule has 1 heterocycles. The second-order valence-electron chi connectivity index (χ2n) is 6.69. The number of sulfonamides is 3. The number of carbonyl (C=O) groups is 1. The molecule has 1 saturated heterocycles. The summed E-state index contributed by atoms with van der Waals surface area (Å²) in [5, 5.41) is 5.02. The van der Waals surface area contributed by atoms with E-state index in [1.165, 1.54) is 49.4 Å². The second kappa shape index (κ2) is 7.74. The number of rotatable bonds is 6. The first-order valence-corrected chi connectivity index (χ1v) is 13.2. The van der Waals surface area contributed by atoms with Gasteiger partial charge in [0, 0.05) is 13.0 Å². The maximum absolute atomic E-state index is 12.7. The lowest BCUT2D eigenvalue weighted by atomic mass is 10.2. The third kappa shape index (κ3) is 4.54. The average Bonchev–Trinajstić information content (AvgIpc) is 2.92. The Balaban J connectivity index is 1.80. The molecule has 0 aromatic heterocycles. The van der Waals surface area contributed by atoms with E-state index >= 15 is 0 Å². The number of aryl methyl sites for hydroxylation is 1. The van der Waals surface area contributed by atoms with Crippen LogP contribution >= 0.6 is 0 Å². The zero-order valence-corrected chi connectivity index (χ0v) is 18.2. The summed E-state index contributed by atoms with van der Waals surface area (Å²) in [6.45, 7) is 1.39. The van der Waals surface area contributed by atoms with Crippen molar-refractivity contribution in [1.82, 2.24) is 4.72 Å². The van der Waals surface area contributed by atoms with Gasteiger partial charge in [0.15, 0.2) is 0 Å². The summed E-state index contributed by atoms with van der Waals surface area (Å²) in [5.74, 6) is -0.845. The number of primary sulfonamides is 1. The number of carbonyl (C=O) groups excluding carboxylic acids is 1. The lowest BCUT2D eigenvalue weighted by Gasteiger charge is -2.17. The predicted octanol–water partition coefficient (Wildman–Crippen LogP) is 0.187. The number of benzene rings is 2. The minimum absolute atomic E-state index is 0.0727. The molecule has 0 bridgehead atoms. The van der Waals surface area contributed by atoms with Gasteiger partial charge in [0.05, 0.1) is 21.2 Å². The zero-order valence-electron chi connectivity index (χ0n) is 15.8. The molecule has 1 aliphatic heterocycles. The first kappa shape index (κ1) is 22.4. The van der Waals surface area contributed by atoms with E-state index in [2.05, 4.69) is 4.72 Å². The molecule has 3 rings (SSSR count). The number of nitrogens with zero attached hydrogens (tertiary/aromatic N) is 1. The quantitative estimate of drug-likeness (QED) is 0.605. The van der Waals surface area contributed by atoms with Gasteiger partial charge in [-0.1, -0.05) is 12.1 Å². The molecule has 0 saturated carbocycles. The fraction of sp³-hybridized carbons (Fsp3) is 0.235. The largest absolute Gasteiger partial charge is 0.273 e. The van der Waals surface area contributed by atoms with Gasteiger partial charge in [-0.05, 0) is 48.4 Å². The van der Waals surface area contributed by atoms with Crippen molar-refractivity contribution in [3.8, 4) is 0 Å². The highest BCUT2D eigenvalue weighted by Gasteiger charge is 2.36. The molecule has 3 N–H and O–H groups in total. The molecular weight excluding hydrogens is 454 g/mol. The van der Waals surface area contributed by atoms with Gasteiger partial charge in [0.2, 0.25) is 36.0 Å². The third-order valence-corrected chi connectivity index (χ3v) is 8.66. The summed E-state index contributed by atoms with van der Waals surface area (Å²) in [6.07, 6.45) is -0.118. The Hall–Kier alpha value is -2.32. The van der Waals surface area contributed by atoms with Gasteiger partial charge in [0.1, 0.15) is 0 Å². The van der Waals surface area contributed by atoms with E-state index in [4.69, 9.17) is 5.14 Å². The van der Waals surface area contributed by atoms with Crippen LogP contribution in [0.25, 0.3) is 0 Å². The molecule has 1 aliphatic rings. The summed E-state index contributed by atoms with van der Waals surface area (Å²) in [5.41, 5.74) is 0.862. The Bertz CT molecular complexity index is 1320. The fourth-order valence-corrected chi connectivity index (χ4v) is 6.19. The molecule has 1 amide bonds. The van der Waals surface area contributed by atoms with Crippen molar-refractivity contribution in [2.75, 3.05) is 10.1 Å². The Labute approximate surface area is 174 Å². The van der Waals surface area contributed by atoms with Crippen LogP contribution in [0, 0.1) is 6.92 Å². The lowest BCUT2D eigenvalue weighted by molar-refractivity contribution is -0.116. The molecule has 30 heavy (non-hydrogen) atoms. The molecule has 0 radical (unpaired) electrons. The minimum Gasteiger partial charge on any atom is -0.273 e. The zero-order chi connectivity index (χ0) is 22.3. The van der Waals surface area contributed by atoms with E-state index in [9.17, 15) is 30.0 Å². The summed E-state index contributed by atoms with van der Waals surface area (Å²) >= 11 is 0. The van der Waals surface area contributed by atoms with Crippen molar-refractivity contribution in [3.63, 3.8) is 0 Å². The van der Waals surface area contributed by atoms with Crippen molar-refractivity contribution in [3.05, 3.63) is 53.6 Å². The SMILES string of the molecule is Cc1cc(N2C(=O)CCS2(=O)=O)ccc1S(=O)(=O)NCc1ccc(S(N)(=O)=O)cc1. The van der Waals surface area contributed by atoms with Crippen LogP contribution in [0.15, 0.2) is 52.3 Å². The van der Waals surface area contributed by atoms with Crippen molar-refractivity contribution in [1.29, 1.82) is 0 Å². The normalized spacial score (nSPS) is 16.7. The minimum atomic E-state index is -3.96. The molecule has 0 atom stereocenters. The lowest BCUT2D eigenvalue weighted by Crippen LogP contribution is -2.29. The molecule has 10 nitrogen and oxygen atoms in total. The third-order valence-electron chi connectivity index (χ3n) is 4.48. The first-order valence-electron chi connectivity index (χ1n) is 8.59. The number of nitrogens with two attached hydrogens (primary N) is 1. The van der Waals surface area contributed by atoms with E-state index in [0.29, 0.717) is 9.87 Å². The van der Waals surface area contributed by atoms with Gasteiger partial charge in [-0.25, -0.2) is 39.4 Å². The van der Waals surface area contributed by atoms with Crippen LogP contribution in [-0.4, -0.2) is 36.9 Å². The molecular formula is C17H19N3O7S3. The van der Waals surface area contributed by atoms with E-state index in [1.54, 1.807) is 0 Å². The van der Waals surface area contributed by atoms with Crippen LogP contribution in [-0.2, 0) is 41.4 Å². The monoisotopic (exact) mass is 473 g/mol. The van der Waals surface area contributed by atoms with E-state index in [0.717, 1.165) is 0 Å². The van der Waals surface area contributed by atoms with Gasteiger partial charge in [-0.15, -0.1) is 0 Å². The van der Waals surface area contributed by atoms with Crippen LogP contribution in [0.1, 0.15) is 17.5 Å². The van der Waals surface area contributed by atoms with Crippen LogP contribution < -0.4 is 14.2 Å². The number of amides is 1. The molecule has 0 unspecified atom stereocenters. The average molecular weight is 474 g/mol. The standard InChI is InChI=1S/C17H19N3O7S3/c1-12-10-14(20-17(21)8-9-28(20,22)23)4-7-16(12)30(26,27)19-11-13-2-5-15(6-3-13)29(18,24)25/h2-7,10,19H,8-9,11H2,1H3,(H2,18,24,25). The summed E-state index contributed by atoms with van der Waals surface area (Å²) < 4.78 is 75.0. The van der Waals surface area contributed by atoms with Gasteiger partial charge < -0.3 is 0 Å². The molecule has 2 aromatic carbocycles. The highest BCUT2D eigenvalue weighted by Crippen LogP contribution is 2.28. The highest BCUT2D eigenvalue weighted by molar-refractivity contribution is 7.94. The van der Waals surface area contributed by atoms with Crippen molar-refractivity contribution >= 4 is 41.7 Å². The molecule has 2 aromatic rings. The van der Waals surface area contributed by atoms with Gasteiger partial charge in [-0.3, -0.25) is 4.79 Å². The Morgan fingerprint density at radius 3 is 2.20 bits per heavy atom. The number of nitrogens with one attached hydrogen (secondary N) is 1. The number of hydrogen-bond donors (Lipinski definition) is 2. The molecule has 162 valence electrons. The van der Waals surface area contributed by atoms with Crippen LogP contribution in [0.4, 0.5) is 5.69 Å². The fourth-order valence-electron chi connectivity index (χ4n) is 2.98. The maximum Gasteiger partial charge on any atom is 0.242 e.